The molecule has 8 heteroatoms. The van der Waals surface area contributed by atoms with Gasteiger partial charge in [-0.1, -0.05) is 17.4 Å². The van der Waals surface area contributed by atoms with E-state index in [1.165, 1.54) is 32.5 Å². The first kappa shape index (κ1) is 20.3. The maximum Gasteiger partial charge on any atom is 0.279 e. The number of hydrogen-bond acceptors (Lipinski definition) is 5. The zero-order valence-electron chi connectivity index (χ0n) is 16.4. The molecule has 0 saturated heterocycles. The molecule has 0 aliphatic heterocycles. The Balaban J connectivity index is 2.10. The van der Waals surface area contributed by atoms with E-state index in [9.17, 15) is 9.59 Å². The molecule has 150 valence electrons. The first-order valence-electron chi connectivity index (χ1n) is 8.79. The number of fused-ring (bicyclic) bond motifs is 1. The van der Waals surface area contributed by atoms with Gasteiger partial charge in [0, 0.05) is 30.8 Å². The number of carbonyl (C=O) groups excluding carboxylic acids is 2. The third-order valence-corrected chi connectivity index (χ3v) is 5.15. The average molecular weight is 411 g/mol. The number of benzene rings is 2. The van der Waals surface area contributed by atoms with Crippen molar-refractivity contribution in [2.45, 2.75) is 13.5 Å². The van der Waals surface area contributed by atoms with Crippen molar-refractivity contribution in [2.75, 3.05) is 19.5 Å². The topological polar surface area (TPSA) is 81.9 Å². The number of allylic oxidation sites excluding steroid dienone is 1. The van der Waals surface area contributed by atoms with Crippen LogP contribution in [0.3, 0.4) is 0 Å². The van der Waals surface area contributed by atoms with Crippen LogP contribution in [0.25, 0.3) is 10.2 Å². The third-order valence-electron chi connectivity index (χ3n) is 4.11. The minimum Gasteiger partial charge on any atom is -0.497 e. The maximum atomic E-state index is 12.8. The molecule has 0 bridgehead atoms. The second-order valence-electron chi connectivity index (χ2n) is 6.17. The van der Waals surface area contributed by atoms with E-state index in [4.69, 9.17) is 9.47 Å². The van der Waals surface area contributed by atoms with E-state index >= 15 is 0 Å². The molecule has 0 fully saturated rings. The van der Waals surface area contributed by atoms with Gasteiger partial charge >= 0.3 is 0 Å². The van der Waals surface area contributed by atoms with Gasteiger partial charge in [-0.15, -0.1) is 6.58 Å². The van der Waals surface area contributed by atoms with Crippen molar-refractivity contribution in [3.63, 3.8) is 0 Å². The predicted molar refractivity (Wildman–Crippen MR) is 114 cm³/mol. The number of hydrogen-bond donors (Lipinski definition) is 1. The van der Waals surface area contributed by atoms with Crippen LogP contribution in [0, 0.1) is 0 Å². The molecular weight excluding hydrogens is 390 g/mol. The van der Waals surface area contributed by atoms with Crippen LogP contribution in [0.2, 0.25) is 0 Å². The molecule has 1 heterocycles. The maximum absolute atomic E-state index is 12.8. The number of anilines is 1. The van der Waals surface area contributed by atoms with Crippen LogP contribution in [-0.2, 0) is 11.3 Å². The van der Waals surface area contributed by atoms with E-state index in [1.807, 2.05) is 22.8 Å². The lowest BCUT2D eigenvalue weighted by molar-refractivity contribution is -0.114. The number of ether oxygens (including phenoxy) is 2. The van der Waals surface area contributed by atoms with Crippen LogP contribution < -0.4 is 19.6 Å². The summed E-state index contributed by atoms with van der Waals surface area (Å²) in [6, 6.07) is 10.5. The van der Waals surface area contributed by atoms with Crippen molar-refractivity contribution >= 4 is 39.1 Å². The standard InChI is InChI=1S/C21H21N3O4S/c1-5-8-24-18-7-6-15(22-13(2)25)11-19(18)29-21(24)23-20(26)14-9-16(27-3)12-17(10-14)28-4/h5-7,9-12H,1,8H2,2-4H3,(H,22,25). The Morgan fingerprint density at radius 1 is 1.17 bits per heavy atom. The van der Waals surface area contributed by atoms with Crippen LogP contribution in [0.15, 0.2) is 54.0 Å². The van der Waals surface area contributed by atoms with Gasteiger partial charge in [0.05, 0.1) is 24.4 Å². The van der Waals surface area contributed by atoms with E-state index in [2.05, 4.69) is 16.9 Å². The highest BCUT2D eigenvalue weighted by molar-refractivity contribution is 7.16. The average Bonchev–Trinajstić information content (AvgIpc) is 3.03. The summed E-state index contributed by atoms with van der Waals surface area (Å²) in [7, 11) is 3.05. The van der Waals surface area contributed by atoms with E-state index in [0.717, 1.165) is 10.2 Å². The molecule has 0 spiro atoms. The second kappa shape index (κ2) is 8.74. The molecule has 0 radical (unpaired) electrons. The molecule has 3 aromatic rings. The lowest BCUT2D eigenvalue weighted by Gasteiger charge is -2.06. The molecule has 2 aromatic carbocycles. The second-order valence-corrected chi connectivity index (χ2v) is 7.18. The van der Waals surface area contributed by atoms with Crippen LogP contribution in [0.4, 0.5) is 5.69 Å². The van der Waals surface area contributed by atoms with Crippen LogP contribution in [0.1, 0.15) is 17.3 Å². The Hall–Kier alpha value is -3.39. The number of thiazole rings is 1. The normalized spacial score (nSPS) is 11.3. The third kappa shape index (κ3) is 4.55. The summed E-state index contributed by atoms with van der Waals surface area (Å²) < 4.78 is 13.3. The van der Waals surface area contributed by atoms with Gasteiger partial charge in [0.2, 0.25) is 5.91 Å². The molecule has 0 saturated carbocycles. The molecule has 29 heavy (non-hydrogen) atoms. The van der Waals surface area contributed by atoms with E-state index in [-0.39, 0.29) is 5.91 Å². The summed E-state index contributed by atoms with van der Waals surface area (Å²) in [6.07, 6.45) is 1.74. The predicted octanol–water partition coefficient (Wildman–Crippen LogP) is 3.61. The molecule has 0 aliphatic rings. The molecule has 0 aliphatic carbocycles. The summed E-state index contributed by atoms with van der Waals surface area (Å²) in [5.74, 6) is 0.469. The quantitative estimate of drug-likeness (QED) is 0.629. The summed E-state index contributed by atoms with van der Waals surface area (Å²) >= 11 is 1.36. The summed E-state index contributed by atoms with van der Waals surface area (Å²) in [5, 5.41) is 2.76. The molecule has 0 atom stereocenters. The minimum atomic E-state index is -0.409. The molecule has 3 rings (SSSR count). The number of nitrogens with one attached hydrogen (secondary N) is 1. The van der Waals surface area contributed by atoms with Gasteiger partial charge in [-0.05, 0) is 30.3 Å². The lowest BCUT2D eigenvalue weighted by atomic mass is 10.2. The van der Waals surface area contributed by atoms with Gasteiger partial charge in [-0.3, -0.25) is 9.59 Å². The largest absolute Gasteiger partial charge is 0.497 e. The molecule has 1 N–H and O–H groups in total. The Morgan fingerprint density at radius 2 is 1.86 bits per heavy atom. The van der Waals surface area contributed by atoms with E-state index < -0.39 is 5.91 Å². The number of aromatic nitrogens is 1. The van der Waals surface area contributed by atoms with Gasteiger partial charge in [0.25, 0.3) is 5.91 Å². The zero-order chi connectivity index (χ0) is 21.0. The summed E-state index contributed by atoms with van der Waals surface area (Å²) in [6.45, 7) is 5.74. The van der Waals surface area contributed by atoms with Crippen molar-refractivity contribution in [1.82, 2.24) is 4.57 Å². The number of amides is 2. The molecule has 2 amide bonds. The van der Waals surface area contributed by atoms with Crippen LogP contribution in [0.5, 0.6) is 11.5 Å². The monoisotopic (exact) mass is 411 g/mol. The van der Waals surface area contributed by atoms with Crippen molar-refractivity contribution in [3.05, 3.63) is 59.4 Å². The molecule has 0 unspecified atom stereocenters. The fourth-order valence-electron chi connectivity index (χ4n) is 2.83. The lowest BCUT2D eigenvalue weighted by Crippen LogP contribution is -2.16. The van der Waals surface area contributed by atoms with E-state index in [0.29, 0.717) is 34.1 Å². The van der Waals surface area contributed by atoms with E-state index in [1.54, 1.807) is 24.3 Å². The fourth-order valence-corrected chi connectivity index (χ4v) is 3.90. The van der Waals surface area contributed by atoms with Gasteiger partial charge in [-0.25, -0.2) is 0 Å². The summed E-state index contributed by atoms with van der Waals surface area (Å²) in [5.41, 5.74) is 1.95. The highest BCUT2D eigenvalue weighted by Gasteiger charge is 2.12. The van der Waals surface area contributed by atoms with Crippen LogP contribution in [-0.4, -0.2) is 30.6 Å². The summed E-state index contributed by atoms with van der Waals surface area (Å²) in [4.78, 5) is 29.0. The van der Waals surface area contributed by atoms with Crippen LogP contribution >= 0.6 is 11.3 Å². The Kier molecular flexibility index (Phi) is 6.13. The van der Waals surface area contributed by atoms with Crippen molar-refractivity contribution < 1.29 is 19.1 Å². The van der Waals surface area contributed by atoms with Crippen molar-refractivity contribution in [2.24, 2.45) is 4.99 Å². The number of nitrogens with zero attached hydrogens (tertiary/aromatic N) is 2. The van der Waals surface area contributed by atoms with Crippen molar-refractivity contribution in [3.8, 4) is 11.5 Å². The Bertz CT molecular complexity index is 1140. The first-order valence-corrected chi connectivity index (χ1v) is 9.60. The molecule has 1 aromatic heterocycles. The minimum absolute atomic E-state index is 0.146. The number of carbonyl (C=O) groups is 2. The molecule has 7 nitrogen and oxygen atoms in total. The fraction of sp³-hybridized carbons (Fsp3) is 0.190. The van der Waals surface area contributed by atoms with Crippen molar-refractivity contribution in [1.29, 1.82) is 0 Å². The molecular formula is C21H21N3O4S. The van der Waals surface area contributed by atoms with Gasteiger partial charge in [0.15, 0.2) is 4.80 Å². The van der Waals surface area contributed by atoms with Gasteiger partial charge in [0.1, 0.15) is 11.5 Å². The van der Waals surface area contributed by atoms with Gasteiger partial charge in [-0.2, -0.15) is 4.99 Å². The Labute approximate surface area is 171 Å². The SMILES string of the molecule is C=CCn1c(=NC(=O)c2cc(OC)cc(OC)c2)sc2cc(NC(C)=O)ccc21. The number of rotatable bonds is 6. The first-order chi connectivity index (χ1) is 13.9. The highest BCUT2D eigenvalue weighted by Crippen LogP contribution is 2.24. The Morgan fingerprint density at radius 3 is 2.45 bits per heavy atom. The zero-order valence-corrected chi connectivity index (χ0v) is 17.2. The highest BCUT2D eigenvalue weighted by atomic mass is 32.1. The van der Waals surface area contributed by atoms with Gasteiger partial charge < -0.3 is 19.4 Å². The smallest absolute Gasteiger partial charge is 0.279 e. The number of methoxy groups -OCH3 is 2.